The summed E-state index contributed by atoms with van der Waals surface area (Å²) < 4.78 is 48.2. The molecule has 1 aliphatic rings. The van der Waals surface area contributed by atoms with Gasteiger partial charge in [-0.15, -0.1) is 0 Å². The lowest BCUT2D eigenvalue weighted by atomic mass is 9.90. The highest BCUT2D eigenvalue weighted by Gasteiger charge is 2.19. The van der Waals surface area contributed by atoms with Crippen LogP contribution in [0.4, 0.5) is 10.1 Å². The van der Waals surface area contributed by atoms with Crippen molar-refractivity contribution in [1.29, 1.82) is 0 Å². The van der Waals surface area contributed by atoms with Crippen LogP contribution in [0.2, 0.25) is 5.02 Å². The number of benzene rings is 3. The van der Waals surface area contributed by atoms with Crippen LogP contribution in [0, 0.1) is 5.82 Å². The molecule has 2 N–H and O–H groups in total. The number of furan rings is 1. The largest absolute Gasteiger partial charge is 0.487 e. The van der Waals surface area contributed by atoms with E-state index in [9.17, 15) is 12.8 Å². The fraction of sp³-hybridized carbons (Fsp3) is 0.242. The van der Waals surface area contributed by atoms with Gasteiger partial charge in [0.2, 0.25) is 0 Å². The molecule has 43 heavy (non-hydrogen) atoms. The molecule has 0 saturated heterocycles. The van der Waals surface area contributed by atoms with Crippen molar-refractivity contribution in [3.8, 4) is 17.1 Å². The molecule has 0 fully saturated rings. The summed E-state index contributed by atoms with van der Waals surface area (Å²) in [6.07, 6.45) is 5.93. The number of ether oxygens (including phenoxy) is 1. The fourth-order valence-corrected chi connectivity index (χ4v) is 5.50. The molecule has 2 heterocycles. The molecular weight excluding hydrogens is 589 g/mol. The monoisotopic (exact) mass is 621 g/mol. The molecule has 1 atom stereocenters. The van der Waals surface area contributed by atoms with Gasteiger partial charge in [0.15, 0.2) is 0 Å². The molecule has 7 nitrogen and oxygen atoms in total. The zero-order valence-electron chi connectivity index (χ0n) is 23.9. The molecule has 1 aliphatic heterocycles. The minimum Gasteiger partial charge on any atom is -0.487 e. The van der Waals surface area contributed by atoms with Gasteiger partial charge < -0.3 is 19.8 Å². The highest BCUT2D eigenvalue weighted by Crippen LogP contribution is 2.33. The normalized spacial score (nSPS) is 14.9. The topological polar surface area (TPSA) is 92.9 Å². The van der Waals surface area contributed by atoms with E-state index in [0.717, 1.165) is 28.8 Å². The highest BCUT2D eigenvalue weighted by atomic mass is 35.5. The number of sulfone groups is 1. The molecule has 0 radical (unpaired) electrons. The van der Waals surface area contributed by atoms with E-state index in [1.165, 1.54) is 18.4 Å². The summed E-state index contributed by atoms with van der Waals surface area (Å²) in [4.78, 5) is 4.73. The van der Waals surface area contributed by atoms with Gasteiger partial charge in [-0.25, -0.2) is 17.8 Å². The molecule has 0 amide bonds. The summed E-state index contributed by atoms with van der Waals surface area (Å²) in [5.74, 6) is 2.60. The first-order valence-electron chi connectivity index (χ1n) is 13.9. The number of aliphatic imine (C=N–C) groups is 1. The average molecular weight is 622 g/mol. The summed E-state index contributed by atoms with van der Waals surface area (Å²) in [6, 6.07) is 21.7. The van der Waals surface area contributed by atoms with Crippen LogP contribution < -0.4 is 15.4 Å². The van der Waals surface area contributed by atoms with E-state index in [2.05, 4.69) is 35.8 Å². The smallest absolute Gasteiger partial charge is 0.148 e. The Labute approximate surface area is 256 Å². The van der Waals surface area contributed by atoms with Crippen LogP contribution in [0.25, 0.3) is 11.3 Å². The SMILES string of the molecule is CC1CC=CN=C(Nc2ccc(OCc3cccc(F)c3)c(Cl)c2)c2cc(-c3ccc(CNCCS(C)(=O)=O)o3)ccc21. The zero-order valence-corrected chi connectivity index (χ0v) is 25.5. The molecule has 1 unspecified atom stereocenters. The lowest BCUT2D eigenvalue weighted by Crippen LogP contribution is -2.21. The number of nitrogens with one attached hydrogen (secondary N) is 2. The van der Waals surface area contributed by atoms with Crippen molar-refractivity contribution in [2.75, 3.05) is 23.9 Å². The predicted octanol–water partition coefficient (Wildman–Crippen LogP) is 7.33. The number of halogens is 2. The lowest BCUT2D eigenvalue weighted by Gasteiger charge is -2.20. The summed E-state index contributed by atoms with van der Waals surface area (Å²) in [5, 5.41) is 6.95. The maximum atomic E-state index is 13.5. The van der Waals surface area contributed by atoms with E-state index in [4.69, 9.17) is 25.7 Å². The van der Waals surface area contributed by atoms with Crippen LogP contribution in [-0.2, 0) is 23.0 Å². The number of hydrogen-bond acceptors (Lipinski definition) is 7. The van der Waals surface area contributed by atoms with Crippen molar-refractivity contribution in [2.45, 2.75) is 32.4 Å². The maximum absolute atomic E-state index is 13.5. The van der Waals surface area contributed by atoms with Gasteiger partial charge in [0.1, 0.15) is 45.4 Å². The van der Waals surface area contributed by atoms with Crippen molar-refractivity contribution in [3.05, 3.63) is 118 Å². The number of nitrogens with zero attached hydrogens (tertiary/aromatic N) is 1. The van der Waals surface area contributed by atoms with Crippen LogP contribution in [0.15, 0.2) is 94.5 Å². The van der Waals surface area contributed by atoms with Crippen LogP contribution in [0.5, 0.6) is 5.75 Å². The van der Waals surface area contributed by atoms with Gasteiger partial charge in [0.25, 0.3) is 0 Å². The summed E-state index contributed by atoms with van der Waals surface area (Å²) in [6.45, 7) is 3.16. The van der Waals surface area contributed by atoms with E-state index < -0.39 is 9.84 Å². The minimum atomic E-state index is -3.02. The number of hydrogen-bond donors (Lipinski definition) is 2. The van der Waals surface area contributed by atoms with Crippen molar-refractivity contribution in [1.82, 2.24) is 5.32 Å². The fourth-order valence-electron chi connectivity index (χ4n) is 4.75. The Balaban J connectivity index is 1.34. The molecule has 0 spiro atoms. The van der Waals surface area contributed by atoms with E-state index in [-0.39, 0.29) is 24.1 Å². The molecule has 3 aromatic carbocycles. The molecule has 224 valence electrons. The zero-order chi connectivity index (χ0) is 30.4. The standard InChI is InChI=1S/C33H33ClFN3O4S/c1-22-5-4-14-37-33(38-26-9-12-32(30(34)19-26)41-21-23-6-3-7-25(35)17-23)29-18-24(8-11-28(22)29)31-13-10-27(42-31)20-36-15-16-43(2,39)40/h3-4,6-14,17-19,22,36H,5,15-16,20-21H2,1-2H3,(H,37,38). The van der Waals surface area contributed by atoms with Gasteiger partial charge in [-0.2, -0.15) is 0 Å². The Morgan fingerprint density at radius 3 is 2.74 bits per heavy atom. The third kappa shape index (κ3) is 8.34. The van der Waals surface area contributed by atoms with Crippen molar-refractivity contribution >= 4 is 33.0 Å². The van der Waals surface area contributed by atoms with Crippen LogP contribution >= 0.6 is 11.6 Å². The van der Waals surface area contributed by atoms with Crippen molar-refractivity contribution < 1.29 is 22.0 Å². The molecular formula is C33H33ClFN3O4S. The van der Waals surface area contributed by atoms with Crippen LogP contribution in [0.1, 0.15) is 41.7 Å². The van der Waals surface area contributed by atoms with Gasteiger partial charge in [-0.3, -0.25) is 0 Å². The van der Waals surface area contributed by atoms with Crippen LogP contribution in [0.3, 0.4) is 0 Å². The van der Waals surface area contributed by atoms with E-state index in [1.54, 1.807) is 30.5 Å². The number of allylic oxidation sites excluding steroid dienone is 1. The minimum absolute atomic E-state index is 0.0724. The highest BCUT2D eigenvalue weighted by molar-refractivity contribution is 7.90. The number of amidine groups is 1. The number of anilines is 1. The van der Waals surface area contributed by atoms with Crippen molar-refractivity contribution in [2.24, 2.45) is 4.99 Å². The first-order chi connectivity index (χ1) is 20.6. The first-order valence-corrected chi connectivity index (χ1v) is 16.4. The molecule has 5 rings (SSSR count). The maximum Gasteiger partial charge on any atom is 0.148 e. The average Bonchev–Trinajstić information content (AvgIpc) is 3.44. The Hall–Kier alpha value is -3.92. The third-order valence-corrected chi connectivity index (χ3v) is 8.25. The van der Waals surface area contributed by atoms with Gasteiger partial charge in [0.05, 0.1) is 17.3 Å². The van der Waals surface area contributed by atoms with Gasteiger partial charge >= 0.3 is 0 Å². The second kappa shape index (κ2) is 13.6. The van der Waals surface area contributed by atoms with Crippen LogP contribution in [-0.4, -0.2) is 32.8 Å². The summed E-state index contributed by atoms with van der Waals surface area (Å²) >= 11 is 6.56. The van der Waals surface area contributed by atoms with Gasteiger partial charge in [0, 0.05) is 35.8 Å². The molecule has 1 aromatic heterocycles. The van der Waals surface area contributed by atoms with E-state index in [1.807, 2.05) is 24.3 Å². The van der Waals surface area contributed by atoms with Gasteiger partial charge in [-0.1, -0.05) is 48.9 Å². The van der Waals surface area contributed by atoms with E-state index >= 15 is 0 Å². The second-order valence-corrected chi connectivity index (χ2v) is 13.2. The second-order valence-electron chi connectivity index (χ2n) is 10.6. The Kier molecular flexibility index (Phi) is 9.65. The molecule has 0 aliphatic carbocycles. The molecule has 0 saturated carbocycles. The van der Waals surface area contributed by atoms with Crippen molar-refractivity contribution in [3.63, 3.8) is 0 Å². The summed E-state index contributed by atoms with van der Waals surface area (Å²) in [7, 11) is -3.02. The number of fused-ring (bicyclic) bond motifs is 1. The quantitative estimate of drug-likeness (QED) is 0.180. The Morgan fingerprint density at radius 2 is 1.95 bits per heavy atom. The first kappa shape index (κ1) is 30.5. The Bertz CT molecular complexity index is 1770. The Morgan fingerprint density at radius 1 is 1.09 bits per heavy atom. The third-order valence-electron chi connectivity index (χ3n) is 7.01. The summed E-state index contributed by atoms with van der Waals surface area (Å²) in [5.41, 5.74) is 4.44. The lowest BCUT2D eigenvalue weighted by molar-refractivity contribution is 0.306. The molecule has 0 bridgehead atoms. The molecule has 4 aromatic rings. The van der Waals surface area contributed by atoms with Gasteiger partial charge in [-0.05, 0) is 72.0 Å². The van der Waals surface area contributed by atoms with E-state index in [0.29, 0.717) is 46.8 Å². The predicted molar refractivity (Wildman–Crippen MR) is 170 cm³/mol. The molecule has 10 heteroatoms. The number of rotatable bonds is 10.